The highest BCUT2D eigenvalue weighted by Gasteiger charge is 2.21. The maximum absolute atomic E-state index is 12.8. The van der Waals surface area contributed by atoms with Crippen LogP contribution in [0.4, 0.5) is 4.39 Å². The van der Waals surface area contributed by atoms with Gasteiger partial charge in [-0.25, -0.2) is 4.39 Å². The summed E-state index contributed by atoms with van der Waals surface area (Å²) in [4.78, 5) is 11.9. The normalized spacial score (nSPS) is 15.4. The topological polar surface area (TPSA) is 68.0 Å². The number of amides is 1. The highest BCUT2D eigenvalue weighted by atomic mass is 32.2. The SMILES string of the molecule is O=C(CSc1nnc(C2CCCCC2)o1)NCc1ccc(F)cc1. The summed E-state index contributed by atoms with van der Waals surface area (Å²) < 4.78 is 18.5. The number of benzene rings is 1. The molecule has 0 aliphatic heterocycles. The lowest BCUT2D eigenvalue weighted by atomic mass is 9.89. The third-order valence-electron chi connectivity index (χ3n) is 4.11. The van der Waals surface area contributed by atoms with Crippen LogP contribution < -0.4 is 5.32 Å². The Morgan fingerprint density at radius 2 is 1.96 bits per heavy atom. The molecule has 1 saturated carbocycles. The third kappa shape index (κ3) is 4.80. The van der Waals surface area contributed by atoms with Gasteiger partial charge in [0.1, 0.15) is 5.82 Å². The first-order chi connectivity index (χ1) is 11.7. The van der Waals surface area contributed by atoms with Crippen LogP contribution in [0.15, 0.2) is 33.9 Å². The minimum absolute atomic E-state index is 0.123. The summed E-state index contributed by atoms with van der Waals surface area (Å²) >= 11 is 1.24. The van der Waals surface area contributed by atoms with E-state index in [2.05, 4.69) is 15.5 Å². The number of halogens is 1. The van der Waals surface area contributed by atoms with Gasteiger partial charge in [0.05, 0.1) is 5.75 Å². The van der Waals surface area contributed by atoms with Crippen molar-refractivity contribution in [1.29, 1.82) is 0 Å². The first kappa shape index (κ1) is 17.0. The molecule has 1 heterocycles. The molecule has 1 aromatic heterocycles. The molecule has 7 heteroatoms. The average Bonchev–Trinajstić information content (AvgIpc) is 3.09. The van der Waals surface area contributed by atoms with Crippen LogP contribution in [0, 0.1) is 5.82 Å². The van der Waals surface area contributed by atoms with Gasteiger partial charge < -0.3 is 9.73 Å². The van der Waals surface area contributed by atoms with Crippen LogP contribution in [-0.2, 0) is 11.3 Å². The van der Waals surface area contributed by atoms with Gasteiger partial charge in [0, 0.05) is 12.5 Å². The second kappa shape index (κ2) is 8.28. The van der Waals surface area contributed by atoms with Gasteiger partial charge in [-0.3, -0.25) is 4.79 Å². The molecule has 1 aliphatic rings. The fraction of sp³-hybridized carbons (Fsp3) is 0.471. The summed E-state index contributed by atoms with van der Waals surface area (Å²) in [5.41, 5.74) is 0.854. The third-order valence-corrected chi connectivity index (χ3v) is 4.92. The predicted octanol–water partition coefficient (Wildman–Crippen LogP) is 3.66. The number of nitrogens with one attached hydrogen (secondary N) is 1. The minimum Gasteiger partial charge on any atom is -0.416 e. The smallest absolute Gasteiger partial charge is 0.277 e. The average molecular weight is 349 g/mol. The molecule has 1 amide bonds. The fourth-order valence-corrected chi connectivity index (χ4v) is 3.37. The zero-order chi connectivity index (χ0) is 16.8. The largest absolute Gasteiger partial charge is 0.416 e. The Kier molecular flexibility index (Phi) is 5.85. The van der Waals surface area contributed by atoms with Gasteiger partial charge in [-0.15, -0.1) is 10.2 Å². The summed E-state index contributed by atoms with van der Waals surface area (Å²) in [6, 6.07) is 6.05. The number of rotatable bonds is 6. The lowest BCUT2D eigenvalue weighted by Crippen LogP contribution is -2.24. The van der Waals surface area contributed by atoms with Crippen LogP contribution in [0.2, 0.25) is 0 Å². The van der Waals surface area contributed by atoms with E-state index in [1.165, 1.54) is 43.2 Å². The lowest BCUT2D eigenvalue weighted by Gasteiger charge is -2.17. The van der Waals surface area contributed by atoms with Crippen LogP contribution in [0.3, 0.4) is 0 Å². The van der Waals surface area contributed by atoms with E-state index >= 15 is 0 Å². The van der Waals surface area contributed by atoms with E-state index in [1.807, 2.05) is 0 Å². The highest BCUT2D eigenvalue weighted by molar-refractivity contribution is 7.99. The first-order valence-electron chi connectivity index (χ1n) is 8.18. The van der Waals surface area contributed by atoms with Crippen molar-refractivity contribution in [2.45, 2.75) is 49.8 Å². The maximum atomic E-state index is 12.8. The molecule has 0 unspecified atom stereocenters. The molecule has 24 heavy (non-hydrogen) atoms. The number of carbonyl (C=O) groups is 1. The Balaban J connectivity index is 1.42. The van der Waals surface area contributed by atoms with Gasteiger partial charge in [-0.05, 0) is 30.5 Å². The van der Waals surface area contributed by atoms with Gasteiger partial charge in [0.25, 0.3) is 5.22 Å². The zero-order valence-corrected chi connectivity index (χ0v) is 14.2. The van der Waals surface area contributed by atoms with Crippen molar-refractivity contribution in [1.82, 2.24) is 15.5 Å². The van der Waals surface area contributed by atoms with Crippen molar-refractivity contribution in [3.8, 4) is 0 Å². The molecular formula is C17H20FN3O2S. The van der Waals surface area contributed by atoms with Gasteiger partial charge >= 0.3 is 0 Å². The quantitative estimate of drug-likeness (QED) is 0.806. The summed E-state index contributed by atoms with van der Waals surface area (Å²) in [7, 11) is 0. The molecule has 1 aliphatic carbocycles. The molecular weight excluding hydrogens is 329 g/mol. The lowest BCUT2D eigenvalue weighted by molar-refractivity contribution is -0.118. The Morgan fingerprint density at radius 3 is 2.71 bits per heavy atom. The van der Waals surface area contributed by atoms with E-state index in [-0.39, 0.29) is 17.5 Å². The molecule has 5 nitrogen and oxygen atoms in total. The van der Waals surface area contributed by atoms with Crippen molar-refractivity contribution < 1.29 is 13.6 Å². The number of hydrogen-bond acceptors (Lipinski definition) is 5. The summed E-state index contributed by atoms with van der Waals surface area (Å²) in [6.07, 6.45) is 5.90. The summed E-state index contributed by atoms with van der Waals surface area (Å²) in [5.74, 6) is 0.873. The molecule has 1 fully saturated rings. The second-order valence-corrected chi connectivity index (χ2v) is 6.86. The molecule has 0 bridgehead atoms. The van der Waals surface area contributed by atoms with Gasteiger partial charge in [-0.2, -0.15) is 0 Å². The Morgan fingerprint density at radius 1 is 1.21 bits per heavy atom. The van der Waals surface area contributed by atoms with Crippen LogP contribution in [0.25, 0.3) is 0 Å². The zero-order valence-electron chi connectivity index (χ0n) is 13.3. The number of nitrogens with zero attached hydrogens (tertiary/aromatic N) is 2. The van der Waals surface area contributed by atoms with E-state index in [0.29, 0.717) is 23.6 Å². The van der Waals surface area contributed by atoms with Crippen molar-refractivity contribution in [2.24, 2.45) is 0 Å². The Bertz CT molecular complexity index is 669. The molecule has 1 aromatic carbocycles. The van der Waals surface area contributed by atoms with Crippen LogP contribution in [0.5, 0.6) is 0 Å². The van der Waals surface area contributed by atoms with Gasteiger partial charge in [0.15, 0.2) is 0 Å². The van der Waals surface area contributed by atoms with Crippen LogP contribution in [0.1, 0.15) is 49.5 Å². The van der Waals surface area contributed by atoms with E-state index in [4.69, 9.17) is 4.42 Å². The molecule has 128 valence electrons. The van der Waals surface area contributed by atoms with Crippen molar-refractivity contribution in [3.05, 3.63) is 41.5 Å². The summed E-state index contributed by atoms with van der Waals surface area (Å²) in [5, 5.41) is 11.4. The maximum Gasteiger partial charge on any atom is 0.277 e. The van der Waals surface area contributed by atoms with E-state index < -0.39 is 0 Å². The van der Waals surface area contributed by atoms with Gasteiger partial charge in [0.2, 0.25) is 11.8 Å². The standard InChI is InChI=1S/C17H20FN3O2S/c18-14-8-6-12(7-9-14)10-19-15(22)11-24-17-21-20-16(23-17)13-4-2-1-3-5-13/h6-9,13H,1-5,10-11H2,(H,19,22). The Hall–Kier alpha value is -1.89. The number of thioether (sulfide) groups is 1. The molecule has 1 N–H and O–H groups in total. The molecule has 2 aromatic rings. The Labute approximate surface area is 144 Å². The number of hydrogen-bond donors (Lipinski definition) is 1. The number of carbonyl (C=O) groups excluding carboxylic acids is 1. The second-order valence-electron chi connectivity index (χ2n) is 5.93. The minimum atomic E-state index is -0.286. The summed E-state index contributed by atoms with van der Waals surface area (Å²) in [6.45, 7) is 0.372. The van der Waals surface area contributed by atoms with E-state index in [1.54, 1.807) is 12.1 Å². The molecule has 0 saturated heterocycles. The first-order valence-corrected chi connectivity index (χ1v) is 9.16. The predicted molar refractivity (Wildman–Crippen MR) is 89.1 cm³/mol. The van der Waals surface area contributed by atoms with Crippen LogP contribution in [-0.4, -0.2) is 21.9 Å². The molecule has 3 rings (SSSR count). The van der Waals surface area contributed by atoms with Crippen molar-refractivity contribution in [3.63, 3.8) is 0 Å². The monoisotopic (exact) mass is 349 g/mol. The fourth-order valence-electron chi connectivity index (χ4n) is 2.77. The molecule has 0 radical (unpaired) electrons. The van der Waals surface area contributed by atoms with Crippen LogP contribution >= 0.6 is 11.8 Å². The number of aromatic nitrogens is 2. The highest BCUT2D eigenvalue weighted by Crippen LogP contribution is 2.32. The van der Waals surface area contributed by atoms with E-state index in [9.17, 15) is 9.18 Å². The van der Waals surface area contributed by atoms with Crippen molar-refractivity contribution in [2.75, 3.05) is 5.75 Å². The van der Waals surface area contributed by atoms with Crippen molar-refractivity contribution >= 4 is 17.7 Å². The molecule has 0 atom stereocenters. The molecule has 0 spiro atoms. The van der Waals surface area contributed by atoms with Gasteiger partial charge in [-0.1, -0.05) is 43.2 Å². The van der Waals surface area contributed by atoms with E-state index in [0.717, 1.165) is 18.4 Å².